The van der Waals surface area contributed by atoms with E-state index in [2.05, 4.69) is 0 Å². The average Bonchev–Trinajstić information content (AvgIpc) is 2.92. The summed E-state index contributed by atoms with van der Waals surface area (Å²) in [5, 5.41) is 0. The molecule has 7 heteroatoms. The molecule has 0 aliphatic heterocycles. The molecule has 0 fully saturated rings. The summed E-state index contributed by atoms with van der Waals surface area (Å²) < 4.78 is 28.3. The van der Waals surface area contributed by atoms with Gasteiger partial charge in [0.2, 0.25) is 0 Å². The predicted molar refractivity (Wildman–Crippen MR) is 168 cm³/mol. The number of carbonyl (C=O) groups excluding carboxylic acids is 2. The van der Waals surface area contributed by atoms with E-state index >= 15 is 0 Å². The van der Waals surface area contributed by atoms with Crippen molar-refractivity contribution < 1.29 is 33.3 Å². The highest BCUT2D eigenvalue weighted by Gasteiger charge is 2.30. The van der Waals surface area contributed by atoms with Crippen LogP contribution >= 0.6 is 0 Å². The van der Waals surface area contributed by atoms with Crippen LogP contribution in [0.3, 0.4) is 0 Å². The molecule has 0 aliphatic carbocycles. The SMILES string of the molecule is COc1ccc(/C=C/c2cc(OCCCC(C)(C)C(=O)OC(C)C)cc(OCCCC(C)(C)C(=O)OC(C)C)c2)cc1. The Morgan fingerprint density at radius 3 is 1.50 bits per heavy atom. The fourth-order valence-corrected chi connectivity index (χ4v) is 4.12. The third-order valence-corrected chi connectivity index (χ3v) is 6.71. The van der Waals surface area contributed by atoms with Gasteiger partial charge >= 0.3 is 11.9 Å². The summed E-state index contributed by atoms with van der Waals surface area (Å²) in [6.45, 7) is 15.9. The first kappa shape index (κ1) is 34.7. The number of benzene rings is 2. The molecule has 232 valence electrons. The van der Waals surface area contributed by atoms with E-state index in [4.69, 9.17) is 23.7 Å². The summed E-state index contributed by atoms with van der Waals surface area (Å²) >= 11 is 0. The van der Waals surface area contributed by atoms with Crippen LogP contribution in [-0.2, 0) is 19.1 Å². The van der Waals surface area contributed by atoms with Crippen molar-refractivity contribution in [3.05, 3.63) is 53.6 Å². The van der Waals surface area contributed by atoms with Crippen molar-refractivity contribution in [1.82, 2.24) is 0 Å². The van der Waals surface area contributed by atoms with Crippen LogP contribution in [0.15, 0.2) is 42.5 Å². The van der Waals surface area contributed by atoms with E-state index in [1.165, 1.54) is 0 Å². The van der Waals surface area contributed by atoms with Crippen molar-refractivity contribution in [3.8, 4) is 17.2 Å². The molecule has 0 amide bonds. The lowest BCUT2D eigenvalue weighted by atomic mass is 9.88. The quantitative estimate of drug-likeness (QED) is 0.106. The molecule has 0 N–H and O–H groups in total. The predicted octanol–water partition coefficient (Wildman–Crippen LogP) is 8.14. The first-order chi connectivity index (χ1) is 19.7. The van der Waals surface area contributed by atoms with E-state index in [0.29, 0.717) is 50.4 Å². The van der Waals surface area contributed by atoms with Gasteiger partial charge in [-0.1, -0.05) is 24.3 Å². The van der Waals surface area contributed by atoms with Crippen LogP contribution < -0.4 is 14.2 Å². The van der Waals surface area contributed by atoms with Gasteiger partial charge in [-0.15, -0.1) is 0 Å². The molecule has 42 heavy (non-hydrogen) atoms. The summed E-state index contributed by atoms with van der Waals surface area (Å²) in [7, 11) is 1.65. The first-order valence-electron chi connectivity index (χ1n) is 14.9. The van der Waals surface area contributed by atoms with Gasteiger partial charge < -0.3 is 23.7 Å². The highest BCUT2D eigenvalue weighted by atomic mass is 16.5. The second kappa shape index (κ2) is 16.2. The van der Waals surface area contributed by atoms with Crippen LogP contribution in [0.4, 0.5) is 0 Å². The van der Waals surface area contributed by atoms with Crippen LogP contribution in [0.5, 0.6) is 17.2 Å². The molecule has 2 aromatic rings. The Labute approximate surface area is 252 Å². The molecule has 0 saturated heterocycles. The molecular weight excluding hydrogens is 532 g/mol. The number of esters is 2. The maximum atomic E-state index is 12.4. The van der Waals surface area contributed by atoms with Crippen LogP contribution in [0.25, 0.3) is 12.2 Å². The van der Waals surface area contributed by atoms with Crippen LogP contribution in [0.2, 0.25) is 0 Å². The lowest BCUT2D eigenvalue weighted by Crippen LogP contribution is -2.29. The van der Waals surface area contributed by atoms with E-state index in [9.17, 15) is 9.59 Å². The van der Waals surface area contributed by atoms with Gasteiger partial charge in [-0.2, -0.15) is 0 Å². The van der Waals surface area contributed by atoms with Crippen molar-refractivity contribution in [2.75, 3.05) is 20.3 Å². The smallest absolute Gasteiger partial charge is 0.311 e. The highest BCUT2D eigenvalue weighted by molar-refractivity contribution is 5.76. The van der Waals surface area contributed by atoms with Gasteiger partial charge in [0.15, 0.2) is 0 Å². The monoisotopic (exact) mass is 582 g/mol. The van der Waals surface area contributed by atoms with Crippen LogP contribution in [0, 0.1) is 10.8 Å². The minimum absolute atomic E-state index is 0.139. The largest absolute Gasteiger partial charge is 0.497 e. The third-order valence-electron chi connectivity index (χ3n) is 6.71. The minimum atomic E-state index is -0.583. The highest BCUT2D eigenvalue weighted by Crippen LogP contribution is 2.29. The van der Waals surface area contributed by atoms with Crippen LogP contribution in [0.1, 0.15) is 92.2 Å². The topological polar surface area (TPSA) is 80.3 Å². The lowest BCUT2D eigenvalue weighted by molar-refractivity contribution is -0.159. The van der Waals surface area contributed by atoms with Crippen molar-refractivity contribution in [1.29, 1.82) is 0 Å². The molecular formula is C35H50O7. The summed E-state index contributed by atoms with van der Waals surface area (Å²) in [5.41, 5.74) is 0.802. The Kier molecular flexibility index (Phi) is 13.4. The Morgan fingerprint density at radius 1 is 0.667 bits per heavy atom. The average molecular weight is 583 g/mol. The van der Waals surface area contributed by atoms with Crippen molar-refractivity contribution >= 4 is 24.1 Å². The molecule has 0 bridgehead atoms. The zero-order valence-electron chi connectivity index (χ0n) is 27.0. The molecule has 0 saturated carbocycles. The summed E-state index contributed by atoms with van der Waals surface area (Å²) in [6.07, 6.45) is 6.45. The Bertz CT molecular complexity index is 1100. The van der Waals surface area contributed by atoms with Gasteiger partial charge in [0.1, 0.15) is 17.2 Å². The third kappa shape index (κ3) is 12.2. The number of ether oxygens (including phenoxy) is 5. The molecule has 0 spiro atoms. The summed E-state index contributed by atoms with van der Waals surface area (Å²) in [4.78, 5) is 24.8. The number of hydrogen-bond donors (Lipinski definition) is 0. The lowest BCUT2D eigenvalue weighted by Gasteiger charge is -2.24. The normalized spacial score (nSPS) is 12.1. The van der Waals surface area contributed by atoms with Crippen molar-refractivity contribution in [2.24, 2.45) is 10.8 Å². The zero-order valence-corrected chi connectivity index (χ0v) is 27.0. The maximum Gasteiger partial charge on any atom is 0.311 e. The van der Waals surface area contributed by atoms with Crippen LogP contribution in [-0.4, -0.2) is 44.5 Å². The standard InChI is InChI=1S/C35H50O7/c1-25(2)41-32(36)34(5,6)18-10-20-39-30-22-28(13-12-27-14-16-29(38-9)17-15-27)23-31(24-30)40-21-11-19-35(7,8)33(37)42-26(3)4/h12-17,22-26H,10-11,18-21H2,1-9H3/b13-12+. The molecule has 2 aromatic carbocycles. The Morgan fingerprint density at radius 2 is 1.10 bits per heavy atom. The minimum Gasteiger partial charge on any atom is -0.497 e. The molecule has 0 atom stereocenters. The number of carbonyl (C=O) groups is 2. The molecule has 7 nitrogen and oxygen atoms in total. The van der Waals surface area contributed by atoms with E-state index < -0.39 is 10.8 Å². The molecule has 0 heterocycles. The Hall–Kier alpha value is -3.48. The van der Waals surface area contributed by atoms with Gasteiger partial charge in [0, 0.05) is 6.07 Å². The molecule has 0 aromatic heterocycles. The van der Waals surface area contributed by atoms with Gasteiger partial charge in [-0.05, 0) is 116 Å². The summed E-state index contributed by atoms with van der Waals surface area (Å²) in [6, 6.07) is 13.6. The van der Waals surface area contributed by atoms with E-state index in [1.54, 1.807) is 7.11 Å². The number of methoxy groups -OCH3 is 1. The van der Waals surface area contributed by atoms with Gasteiger partial charge in [0.05, 0.1) is 43.4 Å². The number of hydrogen-bond acceptors (Lipinski definition) is 7. The first-order valence-corrected chi connectivity index (χ1v) is 14.9. The van der Waals surface area contributed by atoms with Gasteiger partial charge in [-0.25, -0.2) is 0 Å². The van der Waals surface area contributed by atoms with E-state index in [-0.39, 0.29) is 24.1 Å². The molecule has 0 aliphatic rings. The zero-order chi connectivity index (χ0) is 31.3. The van der Waals surface area contributed by atoms with Gasteiger partial charge in [-0.3, -0.25) is 9.59 Å². The van der Waals surface area contributed by atoms with Crippen molar-refractivity contribution in [2.45, 2.75) is 93.3 Å². The van der Waals surface area contributed by atoms with Crippen molar-refractivity contribution in [3.63, 3.8) is 0 Å². The second-order valence-corrected chi connectivity index (χ2v) is 12.4. The fourth-order valence-electron chi connectivity index (χ4n) is 4.12. The molecule has 0 radical (unpaired) electrons. The fraction of sp³-hybridized carbons (Fsp3) is 0.543. The molecule has 0 unspecified atom stereocenters. The second-order valence-electron chi connectivity index (χ2n) is 12.4. The van der Waals surface area contributed by atoms with E-state index in [0.717, 1.165) is 16.9 Å². The number of rotatable bonds is 17. The van der Waals surface area contributed by atoms with Gasteiger partial charge in [0.25, 0.3) is 0 Å². The Balaban J connectivity index is 2.08. The maximum absolute atomic E-state index is 12.4. The molecule has 2 rings (SSSR count). The van der Waals surface area contributed by atoms with E-state index in [1.807, 2.05) is 110 Å². The summed E-state index contributed by atoms with van der Waals surface area (Å²) in [5.74, 6) is 1.79.